The van der Waals surface area contributed by atoms with Crippen LogP contribution >= 0.6 is 34.9 Å². The minimum atomic E-state index is -0.105. The highest BCUT2D eigenvalue weighted by Crippen LogP contribution is 2.42. The second kappa shape index (κ2) is 8.50. The van der Waals surface area contributed by atoms with Gasteiger partial charge in [0.25, 0.3) is 0 Å². The Kier molecular flexibility index (Phi) is 6.20. The molecule has 0 N–H and O–H groups in total. The lowest BCUT2D eigenvalue weighted by Crippen LogP contribution is -2.33. The summed E-state index contributed by atoms with van der Waals surface area (Å²) in [5.41, 5.74) is 2.24. The quantitative estimate of drug-likeness (QED) is 0.246. The van der Waals surface area contributed by atoms with Crippen LogP contribution in [0.4, 0.5) is 0 Å². The van der Waals surface area contributed by atoms with Crippen molar-refractivity contribution < 1.29 is 4.74 Å². The maximum absolute atomic E-state index is 6.18. The van der Waals surface area contributed by atoms with Crippen LogP contribution in [-0.4, -0.2) is 36.7 Å². The first-order chi connectivity index (χ1) is 13.6. The van der Waals surface area contributed by atoms with Crippen LogP contribution in [-0.2, 0) is 17.8 Å². The molecule has 0 bridgehead atoms. The molecule has 0 spiro atoms. The van der Waals surface area contributed by atoms with E-state index in [0.29, 0.717) is 6.61 Å². The van der Waals surface area contributed by atoms with E-state index in [-0.39, 0.29) is 5.60 Å². The Morgan fingerprint density at radius 1 is 1.11 bits per heavy atom. The zero-order valence-corrected chi connectivity index (χ0v) is 19.5. The van der Waals surface area contributed by atoms with Crippen molar-refractivity contribution in [1.29, 1.82) is 0 Å². The summed E-state index contributed by atoms with van der Waals surface area (Å²) in [5.74, 6) is 2.11. The van der Waals surface area contributed by atoms with Gasteiger partial charge in [0.05, 0.1) is 17.6 Å². The normalized spacial score (nSPS) is 19.6. The number of thioether (sulfide) groups is 2. The third-order valence-electron chi connectivity index (χ3n) is 5.33. The zero-order valence-electron chi connectivity index (χ0n) is 17.1. The molecule has 0 saturated carbocycles. The van der Waals surface area contributed by atoms with E-state index in [1.165, 1.54) is 28.7 Å². The number of aromatic nitrogens is 4. The summed E-state index contributed by atoms with van der Waals surface area (Å²) in [4.78, 5) is 7.46. The maximum Gasteiger partial charge on any atom is 0.197 e. The van der Waals surface area contributed by atoms with E-state index in [1.807, 2.05) is 0 Å². The van der Waals surface area contributed by atoms with Gasteiger partial charge < -0.3 is 4.74 Å². The molecule has 28 heavy (non-hydrogen) atoms. The Balaban J connectivity index is 1.87. The Morgan fingerprint density at radius 3 is 2.68 bits per heavy atom. The minimum absolute atomic E-state index is 0.105. The van der Waals surface area contributed by atoms with E-state index in [9.17, 15) is 0 Å². The Hall–Kier alpha value is -0.830. The molecule has 0 aliphatic carbocycles. The molecule has 0 saturated heterocycles. The molecule has 0 radical (unpaired) electrons. The van der Waals surface area contributed by atoms with Crippen molar-refractivity contribution in [1.82, 2.24) is 19.6 Å². The van der Waals surface area contributed by atoms with E-state index >= 15 is 0 Å². The highest BCUT2D eigenvalue weighted by atomic mass is 32.2. The lowest BCUT2D eigenvalue weighted by molar-refractivity contribution is -0.0542. The summed E-state index contributed by atoms with van der Waals surface area (Å²) in [7, 11) is 0. The number of fused-ring (bicyclic) bond motifs is 5. The topological polar surface area (TPSA) is 52.3 Å². The molecule has 8 heteroatoms. The number of rotatable bonds is 8. The lowest BCUT2D eigenvalue weighted by atomic mass is 9.90. The van der Waals surface area contributed by atoms with E-state index in [2.05, 4.69) is 42.3 Å². The summed E-state index contributed by atoms with van der Waals surface area (Å²) in [6, 6.07) is 0. The number of hydrogen-bond acceptors (Lipinski definition) is 7. The molecule has 0 aromatic carbocycles. The van der Waals surface area contributed by atoms with E-state index in [0.717, 1.165) is 51.6 Å². The molecule has 1 atom stereocenters. The smallest absolute Gasteiger partial charge is 0.197 e. The van der Waals surface area contributed by atoms with Crippen LogP contribution in [0, 0.1) is 0 Å². The monoisotopic (exact) mass is 436 g/mol. The fourth-order valence-corrected chi connectivity index (χ4v) is 6.51. The van der Waals surface area contributed by atoms with Gasteiger partial charge in [0.2, 0.25) is 0 Å². The second-order valence-electron chi connectivity index (χ2n) is 7.54. The van der Waals surface area contributed by atoms with Gasteiger partial charge in [0, 0.05) is 22.8 Å². The average Bonchev–Trinajstić information content (AvgIpc) is 3.27. The molecule has 0 amide bonds. The van der Waals surface area contributed by atoms with Gasteiger partial charge in [0.15, 0.2) is 16.0 Å². The molecule has 1 aliphatic rings. The van der Waals surface area contributed by atoms with Gasteiger partial charge in [0.1, 0.15) is 4.83 Å². The molecule has 152 valence electrons. The number of unbranched alkanes of at least 4 members (excludes halogenated alkanes) is 1. The highest BCUT2D eigenvalue weighted by molar-refractivity contribution is 7.99. The minimum Gasteiger partial charge on any atom is -0.369 e. The molecule has 3 aromatic heterocycles. The van der Waals surface area contributed by atoms with Crippen LogP contribution < -0.4 is 0 Å². The van der Waals surface area contributed by atoms with Gasteiger partial charge in [-0.05, 0) is 31.7 Å². The van der Waals surface area contributed by atoms with Crippen LogP contribution in [0.1, 0.15) is 63.8 Å². The number of ether oxygens (including phenoxy) is 1. The Morgan fingerprint density at radius 2 is 1.93 bits per heavy atom. The van der Waals surface area contributed by atoms with Gasteiger partial charge >= 0.3 is 0 Å². The highest BCUT2D eigenvalue weighted by Gasteiger charge is 2.33. The molecule has 3 aromatic rings. The average molecular weight is 437 g/mol. The summed E-state index contributed by atoms with van der Waals surface area (Å²) in [6.45, 7) is 9.52. The van der Waals surface area contributed by atoms with Crippen LogP contribution in [0.3, 0.4) is 0 Å². The van der Waals surface area contributed by atoms with Gasteiger partial charge in [-0.15, -0.1) is 21.5 Å². The molecule has 5 nitrogen and oxygen atoms in total. The number of thiophene rings is 1. The van der Waals surface area contributed by atoms with Crippen LogP contribution in [0.25, 0.3) is 15.9 Å². The molecular weight excluding hydrogens is 408 g/mol. The third-order valence-corrected chi connectivity index (χ3v) is 8.59. The Labute approximate surface area is 179 Å². The second-order valence-corrected chi connectivity index (χ2v) is 10.7. The van der Waals surface area contributed by atoms with Gasteiger partial charge in [-0.25, -0.2) is 9.38 Å². The lowest BCUT2D eigenvalue weighted by Gasteiger charge is -2.33. The van der Waals surface area contributed by atoms with E-state index in [1.54, 1.807) is 34.9 Å². The van der Waals surface area contributed by atoms with Gasteiger partial charge in [-0.2, -0.15) is 0 Å². The van der Waals surface area contributed by atoms with Gasteiger partial charge in [-0.3, -0.25) is 0 Å². The summed E-state index contributed by atoms with van der Waals surface area (Å²) >= 11 is 5.37. The SMILES string of the molecule is CCCCSc1nnc2c3c4c(sc3nc(SCCC)n12)COC(C)(CC)C4. The number of hydrogen-bond donors (Lipinski definition) is 0. The fraction of sp³-hybridized carbons (Fsp3) is 0.650. The number of nitrogens with zero attached hydrogens (tertiary/aromatic N) is 4. The van der Waals surface area contributed by atoms with Crippen LogP contribution in [0.5, 0.6) is 0 Å². The fourth-order valence-electron chi connectivity index (χ4n) is 3.44. The van der Waals surface area contributed by atoms with Crippen molar-refractivity contribution in [3.63, 3.8) is 0 Å². The molecule has 0 fully saturated rings. The van der Waals surface area contributed by atoms with Crippen molar-refractivity contribution in [2.75, 3.05) is 11.5 Å². The molecule has 1 unspecified atom stereocenters. The zero-order chi connectivity index (χ0) is 19.7. The van der Waals surface area contributed by atoms with Crippen LogP contribution in [0.2, 0.25) is 0 Å². The van der Waals surface area contributed by atoms with Crippen molar-refractivity contribution in [2.24, 2.45) is 0 Å². The van der Waals surface area contributed by atoms with E-state index < -0.39 is 0 Å². The predicted molar refractivity (Wildman–Crippen MR) is 120 cm³/mol. The summed E-state index contributed by atoms with van der Waals surface area (Å²) < 4.78 is 8.38. The molecule has 4 heterocycles. The third kappa shape index (κ3) is 3.68. The first-order valence-corrected chi connectivity index (χ1v) is 13.0. The maximum atomic E-state index is 6.18. The first-order valence-electron chi connectivity index (χ1n) is 10.2. The molecular formula is C20H28N4OS3. The van der Waals surface area contributed by atoms with Gasteiger partial charge in [-0.1, -0.05) is 50.7 Å². The summed E-state index contributed by atoms with van der Waals surface area (Å²) in [6.07, 6.45) is 5.42. The van der Waals surface area contributed by atoms with E-state index in [4.69, 9.17) is 9.72 Å². The standard InChI is InChI=1S/C20H28N4OS3/c1-5-8-10-27-19-23-22-16-15-13-11-20(4,7-3)25-12-14(13)28-17(15)21-18(24(16)19)26-9-6-2/h5-12H2,1-4H3. The first kappa shape index (κ1) is 20.4. The van der Waals surface area contributed by atoms with Crippen molar-refractivity contribution >= 4 is 50.7 Å². The molecule has 4 rings (SSSR count). The molecule has 1 aliphatic heterocycles. The van der Waals surface area contributed by atoms with Crippen molar-refractivity contribution in [3.05, 3.63) is 10.4 Å². The van der Waals surface area contributed by atoms with Crippen LogP contribution in [0.15, 0.2) is 10.3 Å². The van der Waals surface area contributed by atoms with Crippen molar-refractivity contribution in [3.8, 4) is 0 Å². The van der Waals surface area contributed by atoms with Crippen molar-refractivity contribution in [2.45, 2.75) is 82.3 Å². The summed E-state index contributed by atoms with van der Waals surface area (Å²) in [5, 5.41) is 12.4. The largest absolute Gasteiger partial charge is 0.369 e. The Bertz CT molecular complexity index is 983. The predicted octanol–water partition coefficient (Wildman–Crippen LogP) is 5.97.